The summed E-state index contributed by atoms with van der Waals surface area (Å²) in [5, 5.41) is 0.633. The second kappa shape index (κ2) is 4.82. The van der Waals surface area contributed by atoms with E-state index in [0.29, 0.717) is 23.1 Å². The van der Waals surface area contributed by atoms with Gasteiger partial charge in [-0.15, -0.1) is 6.42 Å². The van der Waals surface area contributed by atoms with E-state index in [2.05, 4.69) is 26.8 Å². The quantitative estimate of drug-likeness (QED) is 0.866. The molecule has 0 bridgehead atoms. The van der Waals surface area contributed by atoms with Crippen molar-refractivity contribution >= 4 is 33.3 Å². The second-order valence-corrected chi connectivity index (χ2v) is 4.73. The number of rotatable bonds is 2. The summed E-state index contributed by atoms with van der Waals surface area (Å²) in [5.41, 5.74) is 7.51. The lowest BCUT2D eigenvalue weighted by molar-refractivity contribution is 0.852. The summed E-state index contributed by atoms with van der Waals surface area (Å²) in [6.07, 6.45) is 6.87. The molecule has 0 aliphatic carbocycles. The van der Waals surface area contributed by atoms with Gasteiger partial charge >= 0.3 is 0 Å². The fraction of sp³-hybridized carbons (Fsp3) is 0.0833. The predicted octanol–water partition coefficient (Wildman–Crippen LogP) is 3.18. The number of hydrogen-bond donors (Lipinski definition) is 1. The van der Waals surface area contributed by atoms with Crippen LogP contribution >= 0.6 is 27.5 Å². The zero-order valence-electron chi connectivity index (χ0n) is 8.82. The van der Waals surface area contributed by atoms with E-state index in [0.717, 1.165) is 10.0 Å². The van der Waals surface area contributed by atoms with Crippen LogP contribution in [0.5, 0.6) is 0 Å². The molecule has 2 aromatic rings. The van der Waals surface area contributed by atoms with E-state index in [1.165, 1.54) is 0 Å². The van der Waals surface area contributed by atoms with Crippen LogP contribution in [-0.4, -0.2) is 9.55 Å². The highest BCUT2D eigenvalue weighted by atomic mass is 79.9. The Balaban J connectivity index is 2.54. The molecule has 1 aromatic carbocycles. The van der Waals surface area contributed by atoms with Gasteiger partial charge in [0.15, 0.2) is 0 Å². The van der Waals surface area contributed by atoms with Crippen molar-refractivity contribution in [3.05, 3.63) is 34.0 Å². The van der Waals surface area contributed by atoms with Crippen molar-refractivity contribution in [3.8, 4) is 23.6 Å². The van der Waals surface area contributed by atoms with Crippen molar-refractivity contribution in [3.63, 3.8) is 0 Å². The minimum absolute atomic E-state index is 0.400. The Labute approximate surface area is 113 Å². The van der Waals surface area contributed by atoms with Gasteiger partial charge in [0.05, 0.1) is 12.9 Å². The highest BCUT2D eigenvalue weighted by molar-refractivity contribution is 9.10. The van der Waals surface area contributed by atoms with E-state index in [-0.39, 0.29) is 0 Å². The van der Waals surface area contributed by atoms with Crippen LogP contribution in [0.3, 0.4) is 0 Å². The first-order chi connectivity index (χ1) is 8.13. The van der Waals surface area contributed by atoms with Crippen molar-refractivity contribution in [1.29, 1.82) is 0 Å². The van der Waals surface area contributed by atoms with Gasteiger partial charge in [0.25, 0.3) is 0 Å². The fourth-order valence-electron chi connectivity index (χ4n) is 1.50. The first-order valence-electron chi connectivity index (χ1n) is 4.83. The van der Waals surface area contributed by atoms with Crippen LogP contribution in [0.2, 0.25) is 5.02 Å². The van der Waals surface area contributed by atoms with Crippen molar-refractivity contribution < 1.29 is 0 Å². The lowest BCUT2D eigenvalue weighted by Crippen LogP contribution is -2.00. The van der Waals surface area contributed by atoms with Crippen LogP contribution in [0.1, 0.15) is 0 Å². The van der Waals surface area contributed by atoms with Gasteiger partial charge < -0.3 is 10.3 Å². The SMILES string of the molecule is C#CCn1cnc(-c2cc(Cl)ccc2Br)c1N. The van der Waals surface area contributed by atoms with Crippen LogP contribution in [0.25, 0.3) is 11.3 Å². The lowest BCUT2D eigenvalue weighted by Gasteiger charge is -2.04. The number of nitrogens with two attached hydrogens (primary N) is 1. The Morgan fingerprint density at radius 1 is 1.53 bits per heavy atom. The number of halogens is 2. The van der Waals surface area contributed by atoms with Crippen LogP contribution in [0, 0.1) is 12.3 Å². The fourth-order valence-corrected chi connectivity index (χ4v) is 2.11. The van der Waals surface area contributed by atoms with Gasteiger partial charge in [-0.25, -0.2) is 4.98 Å². The van der Waals surface area contributed by atoms with Gasteiger partial charge in [0.2, 0.25) is 0 Å². The zero-order chi connectivity index (χ0) is 12.4. The average Bonchev–Trinajstić information content (AvgIpc) is 2.65. The molecule has 0 radical (unpaired) electrons. The van der Waals surface area contributed by atoms with Crippen molar-refractivity contribution in [1.82, 2.24) is 9.55 Å². The van der Waals surface area contributed by atoms with E-state index in [4.69, 9.17) is 23.8 Å². The normalized spacial score (nSPS) is 10.2. The summed E-state index contributed by atoms with van der Waals surface area (Å²) in [6, 6.07) is 5.46. The molecular formula is C12H9BrClN3. The van der Waals surface area contributed by atoms with Crippen LogP contribution < -0.4 is 5.73 Å². The largest absolute Gasteiger partial charge is 0.383 e. The summed E-state index contributed by atoms with van der Waals surface area (Å²) in [6.45, 7) is 0.400. The number of terminal acetylenes is 1. The highest BCUT2D eigenvalue weighted by Crippen LogP contribution is 2.33. The van der Waals surface area contributed by atoms with E-state index in [9.17, 15) is 0 Å². The third-order valence-electron chi connectivity index (χ3n) is 2.32. The third kappa shape index (κ3) is 2.31. The monoisotopic (exact) mass is 309 g/mol. The van der Waals surface area contributed by atoms with Crippen LogP contribution in [-0.2, 0) is 6.54 Å². The standard InChI is InChI=1S/C12H9BrClN3/c1-2-5-17-7-16-11(12(17)15)9-6-8(14)3-4-10(9)13/h1,3-4,6-7H,5,15H2. The van der Waals surface area contributed by atoms with Gasteiger partial charge in [-0.05, 0) is 18.2 Å². The highest BCUT2D eigenvalue weighted by Gasteiger charge is 2.12. The maximum absolute atomic E-state index is 5.98. The van der Waals surface area contributed by atoms with E-state index in [1.54, 1.807) is 17.0 Å². The first-order valence-corrected chi connectivity index (χ1v) is 6.00. The zero-order valence-corrected chi connectivity index (χ0v) is 11.2. The molecule has 3 nitrogen and oxygen atoms in total. The van der Waals surface area contributed by atoms with Gasteiger partial charge in [-0.1, -0.05) is 33.5 Å². The average molecular weight is 311 g/mol. The molecule has 1 heterocycles. The lowest BCUT2D eigenvalue weighted by atomic mass is 10.1. The van der Waals surface area contributed by atoms with Gasteiger partial charge in [0.1, 0.15) is 11.5 Å². The number of anilines is 1. The number of imidazole rings is 1. The first kappa shape index (κ1) is 12.0. The van der Waals surface area contributed by atoms with Crippen LogP contribution in [0.15, 0.2) is 29.0 Å². The van der Waals surface area contributed by atoms with Gasteiger partial charge in [0, 0.05) is 15.1 Å². The molecule has 0 aliphatic rings. The van der Waals surface area contributed by atoms with Crippen molar-refractivity contribution in [2.24, 2.45) is 0 Å². The van der Waals surface area contributed by atoms with Crippen molar-refractivity contribution in [2.75, 3.05) is 5.73 Å². The van der Waals surface area contributed by atoms with E-state index < -0.39 is 0 Å². The smallest absolute Gasteiger partial charge is 0.132 e. The topological polar surface area (TPSA) is 43.8 Å². The number of nitrogens with zero attached hydrogens (tertiary/aromatic N) is 2. The molecule has 0 fully saturated rings. The second-order valence-electron chi connectivity index (χ2n) is 3.43. The summed E-state index contributed by atoms with van der Waals surface area (Å²) >= 11 is 9.40. The number of hydrogen-bond acceptors (Lipinski definition) is 2. The molecule has 0 spiro atoms. The summed E-state index contributed by atoms with van der Waals surface area (Å²) in [5.74, 6) is 3.05. The molecule has 0 saturated heterocycles. The molecule has 1 aromatic heterocycles. The molecule has 0 atom stereocenters. The Bertz CT molecular complexity index is 598. The maximum atomic E-state index is 5.98. The number of benzene rings is 1. The minimum Gasteiger partial charge on any atom is -0.383 e. The molecule has 2 N–H and O–H groups in total. The predicted molar refractivity (Wildman–Crippen MR) is 73.6 cm³/mol. The van der Waals surface area contributed by atoms with E-state index in [1.807, 2.05) is 12.1 Å². The Hall–Kier alpha value is -1.44. The summed E-state index contributed by atoms with van der Waals surface area (Å²) in [4.78, 5) is 4.26. The number of aromatic nitrogens is 2. The minimum atomic E-state index is 0.400. The third-order valence-corrected chi connectivity index (χ3v) is 3.25. The Morgan fingerprint density at radius 3 is 3.00 bits per heavy atom. The molecule has 17 heavy (non-hydrogen) atoms. The maximum Gasteiger partial charge on any atom is 0.132 e. The molecule has 2 rings (SSSR count). The molecule has 0 aliphatic heterocycles. The van der Waals surface area contributed by atoms with Crippen LogP contribution in [0.4, 0.5) is 5.82 Å². The summed E-state index contributed by atoms with van der Waals surface area (Å²) in [7, 11) is 0. The Morgan fingerprint density at radius 2 is 2.29 bits per heavy atom. The summed E-state index contributed by atoms with van der Waals surface area (Å²) < 4.78 is 2.60. The van der Waals surface area contributed by atoms with Crippen molar-refractivity contribution in [2.45, 2.75) is 6.54 Å². The Kier molecular flexibility index (Phi) is 3.41. The van der Waals surface area contributed by atoms with Gasteiger partial charge in [-0.2, -0.15) is 0 Å². The van der Waals surface area contributed by atoms with E-state index >= 15 is 0 Å². The molecule has 0 unspecified atom stereocenters. The molecular weight excluding hydrogens is 302 g/mol. The molecule has 0 amide bonds. The molecule has 86 valence electrons. The van der Waals surface area contributed by atoms with Gasteiger partial charge in [-0.3, -0.25) is 0 Å². The molecule has 5 heteroatoms. The number of nitrogen functional groups attached to an aromatic ring is 1. The molecule has 0 saturated carbocycles.